The highest BCUT2D eigenvalue weighted by atomic mass is 35.5. The third-order valence-electron chi connectivity index (χ3n) is 3.57. The largest absolute Gasteiger partial charge is 0.287 e. The molecule has 0 spiro atoms. The lowest BCUT2D eigenvalue weighted by Crippen LogP contribution is -2.07. The number of hydrogen-bond donors (Lipinski definition) is 0. The van der Waals surface area contributed by atoms with Gasteiger partial charge in [-0.2, -0.15) is 10.2 Å². The number of benzene rings is 1. The van der Waals surface area contributed by atoms with Gasteiger partial charge in [0.15, 0.2) is 5.65 Å². The van der Waals surface area contributed by atoms with Crippen LogP contribution < -0.4 is 0 Å². The molecule has 108 valence electrons. The van der Waals surface area contributed by atoms with Crippen molar-refractivity contribution in [3.05, 3.63) is 59.1 Å². The molecule has 0 saturated carbocycles. The van der Waals surface area contributed by atoms with E-state index in [4.69, 9.17) is 11.6 Å². The minimum atomic E-state index is -0.159. The Bertz CT molecular complexity index is 1030. The molecular weight excluding hydrogens is 302 g/mol. The predicted molar refractivity (Wildman–Crippen MR) is 82.1 cm³/mol. The number of ketones is 1. The van der Waals surface area contributed by atoms with Gasteiger partial charge in [-0.05, 0) is 30.3 Å². The molecule has 0 aliphatic carbocycles. The highest BCUT2D eigenvalue weighted by molar-refractivity contribution is 6.29. The fourth-order valence-corrected chi connectivity index (χ4v) is 2.60. The number of nitrogens with zero attached hydrogens (tertiary/aromatic N) is 5. The minimum absolute atomic E-state index is 0.159. The number of rotatable bonds is 2. The van der Waals surface area contributed by atoms with Gasteiger partial charge in [0.1, 0.15) is 10.8 Å². The molecule has 1 aromatic carbocycles. The first kappa shape index (κ1) is 13.0. The Balaban J connectivity index is 1.86. The number of carbonyl (C=O) groups excluding carboxylic acids is 1. The number of aryl methyl sites for hydroxylation is 1. The molecule has 0 aliphatic rings. The molecule has 6 nitrogen and oxygen atoms in total. The van der Waals surface area contributed by atoms with Gasteiger partial charge in [-0.25, -0.2) is 9.50 Å². The molecule has 0 N–H and O–H groups in total. The third kappa shape index (κ3) is 1.88. The Hall–Kier alpha value is -2.73. The molecule has 3 heterocycles. The summed E-state index contributed by atoms with van der Waals surface area (Å²) in [6.45, 7) is 0. The van der Waals surface area contributed by atoms with Gasteiger partial charge in [-0.3, -0.25) is 9.48 Å². The quantitative estimate of drug-likeness (QED) is 0.534. The first-order chi connectivity index (χ1) is 10.6. The van der Waals surface area contributed by atoms with Gasteiger partial charge in [0.2, 0.25) is 5.78 Å². The Morgan fingerprint density at radius 2 is 2.05 bits per heavy atom. The molecule has 0 amide bonds. The monoisotopic (exact) mass is 311 g/mol. The lowest BCUT2D eigenvalue weighted by Gasteiger charge is -2.02. The Morgan fingerprint density at radius 1 is 1.18 bits per heavy atom. The summed E-state index contributed by atoms with van der Waals surface area (Å²) in [4.78, 5) is 16.9. The van der Waals surface area contributed by atoms with E-state index in [1.807, 2.05) is 19.2 Å². The number of fused-ring (bicyclic) bond motifs is 2. The number of carbonyl (C=O) groups is 1. The van der Waals surface area contributed by atoms with Crippen molar-refractivity contribution < 1.29 is 4.79 Å². The molecular formula is C15H10ClN5O. The molecule has 4 aromatic rings. The zero-order valence-electron chi connectivity index (χ0n) is 11.6. The van der Waals surface area contributed by atoms with Crippen molar-refractivity contribution in [3.63, 3.8) is 0 Å². The molecule has 3 aromatic heterocycles. The van der Waals surface area contributed by atoms with Gasteiger partial charge in [0.25, 0.3) is 0 Å². The van der Waals surface area contributed by atoms with Gasteiger partial charge < -0.3 is 0 Å². The van der Waals surface area contributed by atoms with Crippen LogP contribution in [0.4, 0.5) is 0 Å². The first-order valence-electron chi connectivity index (χ1n) is 6.60. The van der Waals surface area contributed by atoms with Crippen LogP contribution in [-0.2, 0) is 7.05 Å². The van der Waals surface area contributed by atoms with Crippen LogP contribution in [0.15, 0.2) is 42.7 Å². The van der Waals surface area contributed by atoms with Crippen LogP contribution in [0.5, 0.6) is 0 Å². The van der Waals surface area contributed by atoms with Gasteiger partial charge in [0, 0.05) is 18.0 Å². The predicted octanol–water partition coefficient (Wildman–Crippen LogP) is 2.50. The second-order valence-corrected chi connectivity index (χ2v) is 5.33. The van der Waals surface area contributed by atoms with Crippen molar-refractivity contribution in [2.45, 2.75) is 0 Å². The summed E-state index contributed by atoms with van der Waals surface area (Å²) in [6.07, 6.45) is 3.24. The number of halogens is 1. The topological polar surface area (TPSA) is 65.1 Å². The molecule has 22 heavy (non-hydrogen) atoms. The second kappa shape index (κ2) is 4.64. The molecule has 7 heteroatoms. The summed E-state index contributed by atoms with van der Waals surface area (Å²) in [6, 6.07) is 8.82. The highest BCUT2D eigenvalue weighted by Gasteiger charge is 2.16. The van der Waals surface area contributed by atoms with Crippen molar-refractivity contribution in [1.82, 2.24) is 24.4 Å². The molecule has 0 unspecified atom stereocenters. The zero-order valence-corrected chi connectivity index (χ0v) is 12.3. The van der Waals surface area contributed by atoms with Gasteiger partial charge >= 0.3 is 0 Å². The van der Waals surface area contributed by atoms with Crippen LogP contribution in [0.25, 0.3) is 16.6 Å². The zero-order chi connectivity index (χ0) is 15.3. The Kier molecular flexibility index (Phi) is 2.74. The lowest BCUT2D eigenvalue weighted by molar-refractivity contribution is 0.103. The van der Waals surface area contributed by atoms with Crippen molar-refractivity contribution in [2.75, 3.05) is 0 Å². The number of aromatic nitrogens is 5. The van der Waals surface area contributed by atoms with Crippen LogP contribution in [0, 0.1) is 0 Å². The normalized spacial score (nSPS) is 11.4. The second-order valence-electron chi connectivity index (χ2n) is 4.94. The standard InChI is InChI=1S/C15H10ClN5O/c1-20-11-3-2-9(6-10(11)7-18-20)15(22)12-8-17-14-5-4-13(16)19-21(12)14/h2-8H,1H3. The summed E-state index contributed by atoms with van der Waals surface area (Å²) in [5.41, 5.74) is 2.48. The smallest absolute Gasteiger partial charge is 0.213 e. The molecule has 0 aliphatic heterocycles. The van der Waals surface area contributed by atoms with E-state index in [-0.39, 0.29) is 5.78 Å². The summed E-state index contributed by atoms with van der Waals surface area (Å²) in [5.74, 6) is -0.159. The molecule has 0 bridgehead atoms. The minimum Gasteiger partial charge on any atom is -0.287 e. The van der Waals surface area contributed by atoms with E-state index >= 15 is 0 Å². The summed E-state index contributed by atoms with van der Waals surface area (Å²) < 4.78 is 3.22. The Labute approximate surface area is 129 Å². The van der Waals surface area contributed by atoms with Gasteiger partial charge in [-0.1, -0.05) is 11.6 Å². The van der Waals surface area contributed by atoms with E-state index in [0.717, 1.165) is 10.9 Å². The maximum atomic E-state index is 12.7. The van der Waals surface area contributed by atoms with E-state index in [0.29, 0.717) is 22.1 Å². The molecule has 4 rings (SSSR count). The van der Waals surface area contributed by atoms with Crippen molar-refractivity contribution in [2.24, 2.45) is 7.05 Å². The van der Waals surface area contributed by atoms with Crippen LogP contribution >= 0.6 is 11.6 Å². The van der Waals surface area contributed by atoms with E-state index in [2.05, 4.69) is 15.2 Å². The van der Waals surface area contributed by atoms with Crippen molar-refractivity contribution >= 4 is 33.9 Å². The maximum Gasteiger partial charge on any atom is 0.213 e. The molecule has 0 atom stereocenters. The SMILES string of the molecule is Cn1ncc2cc(C(=O)c3cnc4ccc(Cl)nn34)ccc21. The maximum absolute atomic E-state index is 12.7. The fraction of sp³-hybridized carbons (Fsp3) is 0.0667. The number of imidazole rings is 1. The van der Waals surface area contributed by atoms with Gasteiger partial charge in [-0.15, -0.1) is 0 Å². The van der Waals surface area contributed by atoms with Crippen LogP contribution in [-0.4, -0.2) is 30.2 Å². The van der Waals surface area contributed by atoms with E-state index in [9.17, 15) is 4.79 Å². The van der Waals surface area contributed by atoms with Gasteiger partial charge in [0.05, 0.1) is 17.9 Å². The average Bonchev–Trinajstić information content (AvgIpc) is 3.10. The third-order valence-corrected chi connectivity index (χ3v) is 3.77. The lowest BCUT2D eigenvalue weighted by atomic mass is 10.1. The van der Waals surface area contributed by atoms with Crippen LogP contribution in [0.2, 0.25) is 5.15 Å². The summed E-state index contributed by atoms with van der Waals surface area (Å²) in [7, 11) is 1.86. The first-order valence-corrected chi connectivity index (χ1v) is 6.98. The van der Waals surface area contributed by atoms with E-state index in [1.165, 1.54) is 10.7 Å². The Morgan fingerprint density at radius 3 is 2.91 bits per heavy atom. The van der Waals surface area contributed by atoms with Crippen molar-refractivity contribution in [1.29, 1.82) is 0 Å². The fourth-order valence-electron chi connectivity index (χ4n) is 2.46. The number of hydrogen-bond acceptors (Lipinski definition) is 4. The van der Waals surface area contributed by atoms with E-state index < -0.39 is 0 Å². The van der Waals surface area contributed by atoms with E-state index in [1.54, 1.807) is 29.1 Å². The summed E-state index contributed by atoms with van der Waals surface area (Å²) in [5, 5.41) is 9.53. The molecule has 0 saturated heterocycles. The van der Waals surface area contributed by atoms with Crippen LogP contribution in [0.3, 0.4) is 0 Å². The molecule has 0 fully saturated rings. The van der Waals surface area contributed by atoms with Crippen molar-refractivity contribution in [3.8, 4) is 0 Å². The van der Waals surface area contributed by atoms with Crippen LogP contribution in [0.1, 0.15) is 16.1 Å². The molecule has 0 radical (unpaired) electrons. The highest BCUT2D eigenvalue weighted by Crippen LogP contribution is 2.18. The summed E-state index contributed by atoms with van der Waals surface area (Å²) >= 11 is 5.90. The average molecular weight is 312 g/mol.